The Labute approximate surface area is 97.6 Å². The number of halogens is 1. The Hall–Kier alpha value is -1.69. The third-order valence-electron chi connectivity index (χ3n) is 1.77. The van der Waals surface area contributed by atoms with E-state index >= 15 is 0 Å². The normalized spacial score (nSPS) is 9.62. The van der Waals surface area contributed by atoms with E-state index < -0.39 is 11.9 Å². The van der Waals surface area contributed by atoms with Crippen molar-refractivity contribution in [2.45, 2.75) is 6.92 Å². The van der Waals surface area contributed by atoms with Crippen LogP contribution in [0.1, 0.15) is 12.5 Å². The minimum Gasteiger partial charge on any atom is -0.450 e. The minimum absolute atomic E-state index is 0.00514. The van der Waals surface area contributed by atoms with Crippen LogP contribution < -0.4 is 11.1 Å². The molecule has 0 fully saturated rings. The Morgan fingerprint density at radius 1 is 1.62 bits per heavy atom. The third-order valence-corrected chi connectivity index (χ3v) is 1.98. The summed E-state index contributed by atoms with van der Waals surface area (Å²) in [6, 6.07) is 4.15. The van der Waals surface area contributed by atoms with E-state index in [-0.39, 0.29) is 22.8 Å². The minimum atomic E-state index is -0.675. The van der Waals surface area contributed by atoms with Crippen LogP contribution in [0.15, 0.2) is 18.2 Å². The van der Waals surface area contributed by atoms with Crippen molar-refractivity contribution in [1.29, 1.82) is 0 Å². The zero-order valence-electron chi connectivity index (χ0n) is 8.62. The molecular weight excluding hydrogens is 231 g/mol. The van der Waals surface area contributed by atoms with Gasteiger partial charge in [-0.3, -0.25) is 5.32 Å². The molecule has 86 valence electrons. The molecule has 1 aromatic carbocycles. The van der Waals surface area contributed by atoms with Gasteiger partial charge < -0.3 is 10.5 Å². The van der Waals surface area contributed by atoms with Crippen LogP contribution in [0.3, 0.4) is 0 Å². The van der Waals surface area contributed by atoms with Crippen LogP contribution in [0, 0.1) is 5.82 Å². The molecular formula is C10H11FN2O2S. The number of carbonyl (C=O) groups excluding carboxylic acids is 1. The number of anilines is 1. The molecule has 0 saturated heterocycles. The van der Waals surface area contributed by atoms with Crippen LogP contribution in [0.5, 0.6) is 0 Å². The van der Waals surface area contributed by atoms with Crippen molar-refractivity contribution in [2.75, 3.05) is 11.9 Å². The van der Waals surface area contributed by atoms with Crippen LogP contribution in [0.4, 0.5) is 14.9 Å². The van der Waals surface area contributed by atoms with Crippen LogP contribution in [0.25, 0.3) is 0 Å². The number of hydrogen-bond donors (Lipinski definition) is 2. The highest BCUT2D eigenvalue weighted by Crippen LogP contribution is 2.18. The Balaban J connectivity index is 3.00. The monoisotopic (exact) mass is 242 g/mol. The smallest absolute Gasteiger partial charge is 0.411 e. The molecule has 0 aromatic heterocycles. The zero-order valence-corrected chi connectivity index (χ0v) is 9.44. The molecule has 16 heavy (non-hydrogen) atoms. The van der Waals surface area contributed by atoms with Gasteiger partial charge in [-0.25, -0.2) is 9.18 Å². The van der Waals surface area contributed by atoms with Crippen LogP contribution >= 0.6 is 12.2 Å². The van der Waals surface area contributed by atoms with E-state index in [0.717, 1.165) is 0 Å². The lowest BCUT2D eigenvalue weighted by molar-refractivity contribution is 0.168. The lowest BCUT2D eigenvalue weighted by Gasteiger charge is -2.10. The highest BCUT2D eigenvalue weighted by molar-refractivity contribution is 7.80. The third kappa shape index (κ3) is 2.90. The Bertz CT molecular complexity index is 423. The standard InChI is InChI=1S/C10H11FN2O2S/c1-2-15-10(14)13-7-5-3-4-6(11)8(7)9(12)16/h3-5H,2H2,1H3,(H2,12,16)(H,13,14). The number of hydrogen-bond acceptors (Lipinski definition) is 3. The average Bonchev–Trinajstić information content (AvgIpc) is 2.17. The fourth-order valence-electron chi connectivity index (χ4n) is 1.16. The number of ether oxygens (including phenoxy) is 1. The van der Waals surface area contributed by atoms with Gasteiger partial charge in [-0.05, 0) is 19.1 Å². The molecule has 3 N–H and O–H groups in total. The first-order valence-electron chi connectivity index (χ1n) is 4.58. The van der Waals surface area contributed by atoms with Crippen molar-refractivity contribution < 1.29 is 13.9 Å². The lowest BCUT2D eigenvalue weighted by atomic mass is 10.1. The second-order valence-electron chi connectivity index (χ2n) is 2.87. The maximum atomic E-state index is 13.4. The molecule has 6 heteroatoms. The summed E-state index contributed by atoms with van der Waals surface area (Å²) in [4.78, 5) is 11.0. The Kier molecular flexibility index (Phi) is 4.19. The van der Waals surface area contributed by atoms with Crippen LogP contribution in [0.2, 0.25) is 0 Å². The molecule has 0 aliphatic rings. The van der Waals surface area contributed by atoms with Gasteiger partial charge in [0.15, 0.2) is 0 Å². The van der Waals surface area contributed by atoms with Crippen molar-refractivity contribution in [2.24, 2.45) is 5.73 Å². The van der Waals surface area contributed by atoms with Gasteiger partial charge in [0.1, 0.15) is 10.8 Å². The summed E-state index contributed by atoms with van der Waals surface area (Å²) in [6.07, 6.45) is -0.675. The summed E-state index contributed by atoms with van der Waals surface area (Å²) in [7, 11) is 0. The first kappa shape index (κ1) is 12.4. The van der Waals surface area contributed by atoms with Gasteiger partial charge in [-0.1, -0.05) is 18.3 Å². The topological polar surface area (TPSA) is 64.3 Å². The highest BCUT2D eigenvalue weighted by Gasteiger charge is 2.13. The number of nitrogens with one attached hydrogen (secondary N) is 1. The number of benzene rings is 1. The molecule has 0 aliphatic heterocycles. The van der Waals surface area contributed by atoms with E-state index in [1.807, 2.05) is 0 Å². The predicted octanol–water partition coefficient (Wildman–Crippen LogP) is 2.03. The van der Waals surface area contributed by atoms with Crippen LogP contribution in [-0.2, 0) is 4.74 Å². The summed E-state index contributed by atoms with van der Waals surface area (Å²) in [5, 5.41) is 2.36. The van der Waals surface area contributed by atoms with E-state index in [0.29, 0.717) is 0 Å². The van der Waals surface area contributed by atoms with Crippen molar-refractivity contribution in [3.63, 3.8) is 0 Å². The van der Waals surface area contributed by atoms with Gasteiger partial charge in [0.25, 0.3) is 0 Å². The first-order chi connectivity index (χ1) is 7.56. The molecule has 0 aliphatic carbocycles. The van der Waals surface area contributed by atoms with Gasteiger partial charge in [-0.2, -0.15) is 0 Å². The summed E-state index contributed by atoms with van der Waals surface area (Å²) in [5.74, 6) is -0.582. The van der Waals surface area contributed by atoms with E-state index in [9.17, 15) is 9.18 Å². The molecule has 0 unspecified atom stereocenters. The number of amides is 1. The largest absolute Gasteiger partial charge is 0.450 e. The maximum absolute atomic E-state index is 13.4. The van der Waals surface area contributed by atoms with Crippen molar-refractivity contribution >= 4 is 29.0 Å². The van der Waals surface area contributed by atoms with Gasteiger partial charge in [0.05, 0.1) is 17.9 Å². The average molecular weight is 242 g/mol. The van der Waals surface area contributed by atoms with Crippen molar-refractivity contribution in [1.82, 2.24) is 0 Å². The number of rotatable bonds is 3. The molecule has 0 atom stereocenters. The summed E-state index contributed by atoms with van der Waals surface area (Å²) in [5.41, 5.74) is 5.57. The molecule has 1 rings (SSSR count). The predicted molar refractivity (Wildman–Crippen MR) is 62.9 cm³/mol. The summed E-state index contributed by atoms with van der Waals surface area (Å²) < 4.78 is 18.0. The van der Waals surface area contributed by atoms with Gasteiger partial charge in [0.2, 0.25) is 0 Å². The molecule has 0 heterocycles. The maximum Gasteiger partial charge on any atom is 0.411 e. The fraction of sp³-hybridized carbons (Fsp3) is 0.200. The zero-order chi connectivity index (χ0) is 12.1. The van der Waals surface area contributed by atoms with Gasteiger partial charge >= 0.3 is 6.09 Å². The summed E-state index contributed by atoms with van der Waals surface area (Å²) in [6.45, 7) is 1.89. The Morgan fingerprint density at radius 3 is 2.88 bits per heavy atom. The number of thiocarbonyl (C=S) groups is 1. The molecule has 0 saturated carbocycles. The molecule has 1 aromatic rings. The van der Waals surface area contributed by atoms with Crippen molar-refractivity contribution in [3.8, 4) is 0 Å². The molecule has 0 spiro atoms. The second kappa shape index (κ2) is 5.41. The van der Waals surface area contributed by atoms with E-state index in [2.05, 4.69) is 10.1 Å². The molecule has 4 nitrogen and oxygen atoms in total. The van der Waals surface area contributed by atoms with E-state index in [1.165, 1.54) is 18.2 Å². The van der Waals surface area contributed by atoms with Gasteiger partial charge in [0, 0.05) is 0 Å². The van der Waals surface area contributed by atoms with Gasteiger partial charge in [-0.15, -0.1) is 0 Å². The number of nitrogens with two attached hydrogens (primary N) is 1. The molecule has 0 bridgehead atoms. The lowest BCUT2D eigenvalue weighted by Crippen LogP contribution is -2.19. The molecule has 1 amide bonds. The fourth-order valence-corrected chi connectivity index (χ4v) is 1.36. The highest BCUT2D eigenvalue weighted by atomic mass is 32.1. The first-order valence-corrected chi connectivity index (χ1v) is 4.99. The van der Waals surface area contributed by atoms with E-state index in [1.54, 1.807) is 6.92 Å². The number of carbonyl (C=O) groups is 1. The quantitative estimate of drug-likeness (QED) is 0.796. The van der Waals surface area contributed by atoms with Crippen LogP contribution in [-0.4, -0.2) is 17.7 Å². The second-order valence-corrected chi connectivity index (χ2v) is 3.31. The Morgan fingerprint density at radius 2 is 2.31 bits per heavy atom. The van der Waals surface area contributed by atoms with E-state index in [4.69, 9.17) is 18.0 Å². The SMILES string of the molecule is CCOC(=O)Nc1cccc(F)c1C(N)=S. The van der Waals surface area contributed by atoms with Crippen molar-refractivity contribution in [3.05, 3.63) is 29.6 Å². The summed E-state index contributed by atoms with van der Waals surface area (Å²) >= 11 is 4.70. The molecule has 0 radical (unpaired) electrons.